The number of halogens is 3. The number of rotatable bonds is 5. The molecule has 0 aliphatic carbocycles. The third-order valence-corrected chi connectivity index (χ3v) is 2.90. The van der Waals surface area contributed by atoms with E-state index in [-0.39, 0.29) is 0 Å². The summed E-state index contributed by atoms with van der Waals surface area (Å²) in [5.41, 5.74) is 3.79. The number of aryl methyl sites for hydroxylation is 1. The van der Waals surface area contributed by atoms with Gasteiger partial charge in [0.15, 0.2) is 0 Å². The molecule has 5 heteroatoms. The Bertz CT molecular complexity index is 575. The van der Waals surface area contributed by atoms with Gasteiger partial charge in [0.2, 0.25) is 0 Å². The van der Waals surface area contributed by atoms with Crippen LogP contribution in [0.4, 0.5) is 18.9 Å². The molecule has 0 bridgehead atoms. The average Bonchev–Trinajstić information content (AvgIpc) is 2.47. The quantitative estimate of drug-likeness (QED) is 0.625. The van der Waals surface area contributed by atoms with E-state index in [1.807, 2.05) is 30.3 Å². The van der Waals surface area contributed by atoms with Crippen LogP contribution in [-0.4, -0.2) is 6.21 Å². The van der Waals surface area contributed by atoms with E-state index in [0.717, 1.165) is 25.0 Å². The van der Waals surface area contributed by atoms with Crippen molar-refractivity contribution in [1.82, 2.24) is 0 Å². The molecular weight excluding hydrogens is 277 g/mol. The van der Waals surface area contributed by atoms with Crippen LogP contribution in [0.3, 0.4) is 0 Å². The molecule has 2 aromatic carbocycles. The van der Waals surface area contributed by atoms with Crippen molar-refractivity contribution in [2.24, 2.45) is 5.10 Å². The molecule has 0 atom stereocenters. The lowest BCUT2D eigenvalue weighted by Gasteiger charge is -2.07. The Kier molecular flexibility index (Phi) is 4.98. The van der Waals surface area contributed by atoms with Gasteiger partial charge < -0.3 is 0 Å². The number of hydrazone groups is 1. The molecule has 21 heavy (non-hydrogen) atoms. The normalized spacial score (nSPS) is 11.8. The average molecular weight is 292 g/mol. The highest BCUT2D eigenvalue weighted by atomic mass is 19.4. The van der Waals surface area contributed by atoms with Gasteiger partial charge in [-0.1, -0.05) is 30.3 Å². The number of nitrogens with zero attached hydrogens (tertiary/aromatic N) is 1. The molecule has 1 N–H and O–H groups in total. The van der Waals surface area contributed by atoms with E-state index < -0.39 is 11.7 Å². The number of benzene rings is 2. The fourth-order valence-corrected chi connectivity index (χ4v) is 1.79. The summed E-state index contributed by atoms with van der Waals surface area (Å²) in [4.78, 5) is 0. The first-order chi connectivity index (χ1) is 10.1. The zero-order valence-corrected chi connectivity index (χ0v) is 11.3. The van der Waals surface area contributed by atoms with Crippen molar-refractivity contribution in [2.75, 3.05) is 5.43 Å². The van der Waals surface area contributed by atoms with Crippen LogP contribution in [0, 0.1) is 0 Å². The van der Waals surface area contributed by atoms with E-state index >= 15 is 0 Å². The van der Waals surface area contributed by atoms with Gasteiger partial charge >= 0.3 is 6.18 Å². The van der Waals surface area contributed by atoms with E-state index in [0.29, 0.717) is 5.69 Å². The third kappa shape index (κ3) is 4.95. The maximum absolute atomic E-state index is 12.4. The van der Waals surface area contributed by atoms with Crippen molar-refractivity contribution >= 4 is 11.9 Å². The summed E-state index contributed by atoms with van der Waals surface area (Å²) < 4.78 is 37.1. The van der Waals surface area contributed by atoms with Crippen LogP contribution >= 0.6 is 0 Å². The van der Waals surface area contributed by atoms with Crippen molar-refractivity contribution in [3.8, 4) is 0 Å². The molecule has 0 saturated heterocycles. The molecule has 0 aliphatic heterocycles. The summed E-state index contributed by atoms with van der Waals surface area (Å²) in [6.45, 7) is 0. The molecule has 0 aromatic heterocycles. The van der Waals surface area contributed by atoms with Gasteiger partial charge in [-0.2, -0.15) is 18.3 Å². The van der Waals surface area contributed by atoms with Crippen molar-refractivity contribution < 1.29 is 13.2 Å². The van der Waals surface area contributed by atoms with Crippen LogP contribution in [-0.2, 0) is 12.6 Å². The first-order valence-corrected chi connectivity index (χ1v) is 6.54. The van der Waals surface area contributed by atoms with Crippen molar-refractivity contribution in [3.05, 3.63) is 65.7 Å². The number of hydrogen-bond acceptors (Lipinski definition) is 2. The predicted octanol–water partition coefficient (Wildman–Crippen LogP) is 4.74. The number of nitrogens with one attached hydrogen (secondary N) is 1. The second-order valence-electron chi connectivity index (χ2n) is 4.52. The summed E-state index contributed by atoms with van der Waals surface area (Å²) in [5.74, 6) is 0. The molecule has 2 rings (SSSR count). The zero-order valence-electron chi connectivity index (χ0n) is 11.3. The second kappa shape index (κ2) is 6.92. The lowest BCUT2D eigenvalue weighted by atomic mass is 10.1. The van der Waals surface area contributed by atoms with E-state index in [1.165, 1.54) is 17.7 Å². The Labute approximate surface area is 121 Å². The second-order valence-corrected chi connectivity index (χ2v) is 4.52. The summed E-state index contributed by atoms with van der Waals surface area (Å²) in [6, 6.07) is 14.8. The maximum Gasteiger partial charge on any atom is 0.416 e. The molecule has 0 saturated carbocycles. The Morgan fingerprint density at radius 1 is 0.952 bits per heavy atom. The molecule has 0 fully saturated rings. The molecule has 0 radical (unpaired) electrons. The standard InChI is InChI=1S/C16H15F3N2/c17-16(18,19)14-8-10-15(11-9-14)21-20-12-4-7-13-5-2-1-3-6-13/h1-3,5-6,8-12,21H,4,7H2. The minimum atomic E-state index is -4.31. The summed E-state index contributed by atoms with van der Waals surface area (Å²) in [7, 11) is 0. The first kappa shape index (κ1) is 15.1. The van der Waals surface area contributed by atoms with Gasteiger partial charge in [-0.25, -0.2) is 0 Å². The van der Waals surface area contributed by atoms with Gasteiger partial charge in [-0.15, -0.1) is 0 Å². The first-order valence-electron chi connectivity index (χ1n) is 6.54. The minimum Gasteiger partial charge on any atom is -0.279 e. The summed E-state index contributed by atoms with van der Waals surface area (Å²) in [5, 5.41) is 3.99. The van der Waals surface area contributed by atoms with Crippen LogP contribution < -0.4 is 5.43 Å². The molecule has 110 valence electrons. The van der Waals surface area contributed by atoms with Crippen LogP contribution in [0.15, 0.2) is 59.7 Å². The number of alkyl halides is 3. The summed E-state index contributed by atoms with van der Waals surface area (Å²) >= 11 is 0. The highest BCUT2D eigenvalue weighted by molar-refractivity contribution is 5.60. The van der Waals surface area contributed by atoms with Crippen LogP contribution in [0.2, 0.25) is 0 Å². The van der Waals surface area contributed by atoms with E-state index in [2.05, 4.69) is 10.5 Å². The molecular formula is C16H15F3N2. The molecule has 0 aliphatic rings. The Morgan fingerprint density at radius 3 is 2.24 bits per heavy atom. The van der Waals surface area contributed by atoms with Gasteiger partial charge in [0, 0.05) is 6.21 Å². The lowest BCUT2D eigenvalue weighted by molar-refractivity contribution is -0.137. The maximum atomic E-state index is 12.4. The monoisotopic (exact) mass is 292 g/mol. The van der Waals surface area contributed by atoms with Crippen molar-refractivity contribution in [3.63, 3.8) is 0 Å². The minimum absolute atomic E-state index is 0.527. The Balaban J connectivity index is 1.79. The summed E-state index contributed by atoms with van der Waals surface area (Å²) in [6.07, 6.45) is -0.959. The van der Waals surface area contributed by atoms with Gasteiger partial charge in [0.1, 0.15) is 0 Å². The van der Waals surface area contributed by atoms with Crippen LogP contribution in [0.5, 0.6) is 0 Å². The van der Waals surface area contributed by atoms with Gasteiger partial charge in [0.25, 0.3) is 0 Å². The fourth-order valence-electron chi connectivity index (χ4n) is 1.79. The third-order valence-electron chi connectivity index (χ3n) is 2.90. The molecule has 2 aromatic rings. The van der Waals surface area contributed by atoms with Crippen LogP contribution in [0.25, 0.3) is 0 Å². The fraction of sp³-hybridized carbons (Fsp3) is 0.188. The topological polar surface area (TPSA) is 24.4 Å². The van der Waals surface area contributed by atoms with Crippen molar-refractivity contribution in [2.45, 2.75) is 19.0 Å². The molecule has 0 amide bonds. The predicted molar refractivity (Wildman–Crippen MR) is 78.3 cm³/mol. The number of anilines is 1. The van der Waals surface area contributed by atoms with E-state index in [9.17, 15) is 13.2 Å². The van der Waals surface area contributed by atoms with E-state index in [1.54, 1.807) is 6.21 Å². The van der Waals surface area contributed by atoms with Gasteiger partial charge in [0.05, 0.1) is 11.3 Å². The lowest BCUT2D eigenvalue weighted by Crippen LogP contribution is -2.04. The zero-order chi connectivity index (χ0) is 15.1. The largest absolute Gasteiger partial charge is 0.416 e. The molecule has 0 heterocycles. The van der Waals surface area contributed by atoms with Gasteiger partial charge in [-0.05, 0) is 42.7 Å². The SMILES string of the molecule is FC(F)(F)c1ccc(NN=CCCc2ccccc2)cc1. The number of hydrogen-bond donors (Lipinski definition) is 1. The molecule has 0 unspecified atom stereocenters. The molecule has 2 nitrogen and oxygen atoms in total. The van der Waals surface area contributed by atoms with Crippen molar-refractivity contribution in [1.29, 1.82) is 0 Å². The Hall–Kier alpha value is -2.30. The highest BCUT2D eigenvalue weighted by Crippen LogP contribution is 2.29. The van der Waals surface area contributed by atoms with E-state index in [4.69, 9.17) is 0 Å². The van der Waals surface area contributed by atoms with Crippen LogP contribution in [0.1, 0.15) is 17.5 Å². The smallest absolute Gasteiger partial charge is 0.279 e. The molecule has 0 spiro atoms. The van der Waals surface area contributed by atoms with Gasteiger partial charge in [-0.3, -0.25) is 5.43 Å². The Morgan fingerprint density at radius 2 is 1.62 bits per heavy atom. The highest BCUT2D eigenvalue weighted by Gasteiger charge is 2.29.